The van der Waals surface area contributed by atoms with Crippen LogP contribution in [0.5, 0.6) is 0 Å². The van der Waals surface area contributed by atoms with E-state index in [1.54, 1.807) is 6.07 Å². The second kappa shape index (κ2) is 6.10. The van der Waals surface area contributed by atoms with E-state index in [0.29, 0.717) is 11.4 Å². The molecule has 5 nitrogen and oxygen atoms in total. The molecular weight excluding hydrogens is 259 g/mol. The van der Waals surface area contributed by atoms with Gasteiger partial charge >= 0.3 is 0 Å². The van der Waals surface area contributed by atoms with E-state index in [2.05, 4.69) is 15.3 Å². The highest BCUT2D eigenvalue weighted by Gasteiger charge is 2.10. The lowest BCUT2D eigenvalue weighted by molar-refractivity contribution is 0.102. The first kappa shape index (κ1) is 13.9. The summed E-state index contributed by atoms with van der Waals surface area (Å²) in [5.74, 6) is -0.228. The molecule has 104 valence electrons. The number of nitrogens with two attached hydrogens (primary N) is 1. The van der Waals surface area contributed by atoms with Crippen LogP contribution in [0.2, 0.25) is 0 Å². The van der Waals surface area contributed by atoms with E-state index in [1.165, 1.54) is 18.2 Å². The Kier molecular flexibility index (Phi) is 4.24. The highest BCUT2D eigenvalue weighted by Crippen LogP contribution is 2.12. The fourth-order valence-electron chi connectivity index (χ4n) is 1.76. The molecule has 0 radical (unpaired) electrons. The number of amides is 1. The topological polar surface area (TPSA) is 80.9 Å². The van der Waals surface area contributed by atoms with Crippen molar-refractivity contribution in [1.29, 1.82) is 0 Å². The van der Waals surface area contributed by atoms with Gasteiger partial charge in [-0.1, -0.05) is 13.3 Å². The van der Waals surface area contributed by atoms with Crippen molar-refractivity contribution < 1.29 is 9.18 Å². The first-order chi connectivity index (χ1) is 9.58. The number of halogens is 1. The normalized spacial score (nSPS) is 10.3. The Morgan fingerprint density at radius 1 is 1.40 bits per heavy atom. The van der Waals surface area contributed by atoms with Crippen LogP contribution in [0.3, 0.4) is 0 Å². The lowest BCUT2D eigenvalue weighted by atomic mass is 10.1. The molecule has 6 heteroatoms. The molecule has 1 amide bonds. The van der Waals surface area contributed by atoms with Crippen molar-refractivity contribution in [3.63, 3.8) is 0 Å². The Bertz CT molecular complexity index is 613. The van der Waals surface area contributed by atoms with Crippen LogP contribution < -0.4 is 11.1 Å². The van der Waals surface area contributed by atoms with E-state index in [4.69, 9.17) is 5.73 Å². The number of aryl methyl sites for hydroxylation is 1. The van der Waals surface area contributed by atoms with Crippen LogP contribution in [-0.2, 0) is 6.42 Å². The van der Waals surface area contributed by atoms with Gasteiger partial charge < -0.3 is 11.1 Å². The molecule has 20 heavy (non-hydrogen) atoms. The van der Waals surface area contributed by atoms with Crippen molar-refractivity contribution in [2.24, 2.45) is 0 Å². The monoisotopic (exact) mass is 274 g/mol. The fourth-order valence-corrected chi connectivity index (χ4v) is 1.76. The van der Waals surface area contributed by atoms with Crippen LogP contribution in [0, 0.1) is 5.82 Å². The molecule has 0 spiro atoms. The number of nitrogen functional groups attached to an aromatic ring is 1. The molecule has 2 rings (SSSR count). The average molecular weight is 274 g/mol. The number of hydrogen-bond donors (Lipinski definition) is 2. The van der Waals surface area contributed by atoms with Crippen molar-refractivity contribution in [3.8, 4) is 0 Å². The van der Waals surface area contributed by atoms with E-state index >= 15 is 0 Å². The van der Waals surface area contributed by atoms with Crippen LogP contribution in [0.25, 0.3) is 0 Å². The summed E-state index contributed by atoms with van der Waals surface area (Å²) in [7, 11) is 0. The highest BCUT2D eigenvalue weighted by molar-refractivity contribution is 6.04. The van der Waals surface area contributed by atoms with Gasteiger partial charge in [0.15, 0.2) is 0 Å². The van der Waals surface area contributed by atoms with E-state index in [0.717, 1.165) is 24.7 Å². The predicted octanol–water partition coefficient (Wildman–Crippen LogP) is 2.40. The van der Waals surface area contributed by atoms with Gasteiger partial charge in [0.25, 0.3) is 5.91 Å². The Morgan fingerprint density at radius 3 is 2.85 bits per heavy atom. The number of anilines is 2. The van der Waals surface area contributed by atoms with E-state index in [1.807, 2.05) is 6.92 Å². The third-order valence-electron chi connectivity index (χ3n) is 2.64. The predicted molar refractivity (Wildman–Crippen MR) is 74.8 cm³/mol. The van der Waals surface area contributed by atoms with Gasteiger partial charge in [-0.2, -0.15) is 0 Å². The molecule has 0 aliphatic heterocycles. The Hall–Kier alpha value is -2.50. The molecule has 0 aliphatic carbocycles. The zero-order valence-corrected chi connectivity index (χ0v) is 11.1. The second-order valence-corrected chi connectivity index (χ2v) is 4.34. The Morgan fingerprint density at radius 2 is 2.20 bits per heavy atom. The minimum absolute atomic E-state index is 0.281. The number of nitrogens with zero attached hydrogens (tertiary/aromatic N) is 2. The summed E-state index contributed by atoms with van der Waals surface area (Å²) in [4.78, 5) is 20.0. The van der Waals surface area contributed by atoms with Gasteiger partial charge in [0.1, 0.15) is 17.5 Å². The summed E-state index contributed by atoms with van der Waals surface area (Å²) in [6.07, 6.45) is 2.70. The molecule has 0 atom stereocenters. The van der Waals surface area contributed by atoms with E-state index < -0.39 is 5.82 Å². The molecule has 2 aromatic rings. The number of pyridine rings is 2. The number of rotatable bonds is 4. The minimum atomic E-state index is -0.457. The van der Waals surface area contributed by atoms with Crippen LogP contribution in [-0.4, -0.2) is 15.9 Å². The standard InChI is InChI=1S/C14H15FN4O/c1-2-3-11-6-9(7-12(16)18-11)14(20)19-13-5-4-10(15)8-17-13/h4-8H,2-3H2,1H3,(H2,16,18)(H,17,19,20). The molecule has 0 saturated carbocycles. The molecule has 3 N–H and O–H groups in total. The van der Waals surface area contributed by atoms with Crippen LogP contribution in [0.1, 0.15) is 29.4 Å². The average Bonchev–Trinajstić information content (AvgIpc) is 2.41. The number of aromatic nitrogens is 2. The first-order valence-corrected chi connectivity index (χ1v) is 6.28. The zero-order chi connectivity index (χ0) is 14.5. The van der Waals surface area contributed by atoms with Crippen molar-refractivity contribution >= 4 is 17.5 Å². The highest BCUT2D eigenvalue weighted by atomic mass is 19.1. The summed E-state index contributed by atoms with van der Waals surface area (Å²) in [6, 6.07) is 5.81. The number of hydrogen-bond acceptors (Lipinski definition) is 4. The first-order valence-electron chi connectivity index (χ1n) is 6.28. The quantitative estimate of drug-likeness (QED) is 0.897. The molecule has 0 bridgehead atoms. The van der Waals surface area contributed by atoms with Crippen LogP contribution in [0.15, 0.2) is 30.5 Å². The molecule has 0 saturated heterocycles. The van der Waals surface area contributed by atoms with Gasteiger partial charge in [-0.25, -0.2) is 14.4 Å². The maximum atomic E-state index is 12.7. The summed E-state index contributed by atoms with van der Waals surface area (Å²) >= 11 is 0. The molecule has 0 unspecified atom stereocenters. The second-order valence-electron chi connectivity index (χ2n) is 4.34. The van der Waals surface area contributed by atoms with Crippen molar-refractivity contribution in [3.05, 3.63) is 47.5 Å². The third-order valence-corrected chi connectivity index (χ3v) is 2.64. The number of nitrogens with one attached hydrogen (secondary N) is 1. The van der Waals surface area contributed by atoms with Gasteiger partial charge in [0.05, 0.1) is 6.20 Å². The minimum Gasteiger partial charge on any atom is -0.384 e. The smallest absolute Gasteiger partial charge is 0.257 e. The molecule has 2 heterocycles. The maximum absolute atomic E-state index is 12.7. The van der Waals surface area contributed by atoms with Gasteiger partial charge in [0, 0.05) is 11.3 Å². The summed E-state index contributed by atoms with van der Waals surface area (Å²) in [5, 5.41) is 2.58. The largest absolute Gasteiger partial charge is 0.384 e. The van der Waals surface area contributed by atoms with Gasteiger partial charge in [-0.15, -0.1) is 0 Å². The summed E-state index contributed by atoms with van der Waals surface area (Å²) in [6.45, 7) is 2.02. The molecular formula is C14H15FN4O. The van der Waals surface area contributed by atoms with E-state index in [9.17, 15) is 9.18 Å². The molecule has 0 fully saturated rings. The zero-order valence-electron chi connectivity index (χ0n) is 11.1. The summed E-state index contributed by atoms with van der Waals surface area (Å²) in [5.41, 5.74) is 6.86. The summed E-state index contributed by atoms with van der Waals surface area (Å²) < 4.78 is 12.7. The lowest BCUT2D eigenvalue weighted by Gasteiger charge is -2.07. The Balaban J connectivity index is 2.18. The molecule has 0 aromatic carbocycles. The third kappa shape index (κ3) is 3.50. The van der Waals surface area contributed by atoms with Crippen molar-refractivity contribution in [1.82, 2.24) is 9.97 Å². The van der Waals surface area contributed by atoms with Crippen LogP contribution in [0.4, 0.5) is 16.0 Å². The molecule has 0 aliphatic rings. The number of carbonyl (C=O) groups excluding carboxylic acids is 1. The number of carbonyl (C=O) groups is 1. The van der Waals surface area contributed by atoms with Gasteiger partial charge in [-0.3, -0.25) is 4.79 Å². The van der Waals surface area contributed by atoms with Gasteiger partial charge in [-0.05, 0) is 30.7 Å². The molecule has 2 aromatic heterocycles. The van der Waals surface area contributed by atoms with Crippen molar-refractivity contribution in [2.45, 2.75) is 19.8 Å². The van der Waals surface area contributed by atoms with Gasteiger partial charge in [0.2, 0.25) is 0 Å². The fraction of sp³-hybridized carbons (Fsp3) is 0.214. The Labute approximate surface area is 116 Å². The maximum Gasteiger partial charge on any atom is 0.257 e. The van der Waals surface area contributed by atoms with E-state index in [-0.39, 0.29) is 11.7 Å². The SMILES string of the molecule is CCCc1cc(C(=O)Nc2ccc(F)cn2)cc(N)n1. The van der Waals surface area contributed by atoms with Crippen molar-refractivity contribution in [2.75, 3.05) is 11.1 Å². The van der Waals surface area contributed by atoms with Crippen LogP contribution >= 0.6 is 0 Å². The lowest BCUT2D eigenvalue weighted by Crippen LogP contribution is -2.14.